The van der Waals surface area contributed by atoms with Crippen molar-refractivity contribution in [2.24, 2.45) is 11.8 Å². The van der Waals surface area contributed by atoms with Gasteiger partial charge in [-0.3, -0.25) is 9.59 Å². The lowest BCUT2D eigenvalue weighted by Crippen LogP contribution is -2.29. The van der Waals surface area contributed by atoms with Gasteiger partial charge in [0.25, 0.3) is 0 Å². The smallest absolute Gasteiger partial charge is 0.306 e. The molecule has 0 bridgehead atoms. The van der Waals surface area contributed by atoms with E-state index in [-0.39, 0.29) is 17.7 Å². The van der Waals surface area contributed by atoms with Crippen molar-refractivity contribution in [3.05, 3.63) is 28.2 Å². The van der Waals surface area contributed by atoms with E-state index in [9.17, 15) is 9.59 Å². The number of carboxylic acid groups (broad SMARTS) is 1. The number of halogens is 1. The van der Waals surface area contributed by atoms with E-state index in [2.05, 4.69) is 21.2 Å². The Labute approximate surface area is 126 Å². The van der Waals surface area contributed by atoms with Crippen LogP contribution in [0.3, 0.4) is 0 Å². The number of carbonyl (C=O) groups excluding carboxylic acids is 1. The minimum absolute atomic E-state index is 0.0154. The van der Waals surface area contributed by atoms with Gasteiger partial charge in [0.15, 0.2) is 0 Å². The van der Waals surface area contributed by atoms with Gasteiger partial charge in [-0.15, -0.1) is 0 Å². The van der Waals surface area contributed by atoms with E-state index in [1.54, 1.807) is 0 Å². The topological polar surface area (TPSA) is 66.4 Å². The number of aliphatic carboxylic acids is 1. The van der Waals surface area contributed by atoms with Crippen LogP contribution in [0.15, 0.2) is 22.7 Å². The summed E-state index contributed by atoms with van der Waals surface area (Å²) in [6.07, 6.45) is 2.46. The molecule has 5 heteroatoms. The van der Waals surface area contributed by atoms with E-state index < -0.39 is 5.97 Å². The number of hydrogen-bond acceptors (Lipinski definition) is 2. The van der Waals surface area contributed by atoms with Crippen molar-refractivity contribution in [2.45, 2.75) is 32.6 Å². The number of carboxylic acids is 1. The summed E-state index contributed by atoms with van der Waals surface area (Å²) >= 11 is 3.44. The van der Waals surface area contributed by atoms with E-state index >= 15 is 0 Å². The van der Waals surface area contributed by atoms with Crippen molar-refractivity contribution in [2.75, 3.05) is 5.32 Å². The van der Waals surface area contributed by atoms with E-state index in [0.717, 1.165) is 15.7 Å². The summed E-state index contributed by atoms with van der Waals surface area (Å²) in [6.45, 7) is 1.99. The molecule has 1 fully saturated rings. The SMILES string of the molecule is Cc1ccc(NC(=O)C2CCC(C(=O)O)CC2)c(Br)c1. The predicted molar refractivity (Wildman–Crippen MR) is 80.6 cm³/mol. The summed E-state index contributed by atoms with van der Waals surface area (Å²) < 4.78 is 0.866. The highest BCUT2D eigenvalue weighted by Crippen LogP contribution is 2.31. The van der Waals surface area contributed by atoms with Gasteiger partial charge in [-0.05, 0) is 66.2 Å². The van der Waals surface area contributed by atoms with Crippen molar-refractivity contribution in [3.63, 3.8) is 0 Å². The fraction of sp³-hybridized carbons (Fsp3) is 0.467. The average Bonchev–Trinajstić information content (AvgIpc) is 2.42. The lowest BCUT2D eigenvalue weighted by atomic mass is 9.81. The molecule has 1 aliphatic carbocycles. The van der Waals surface area contributed by atoms with Crippen molar-refractivity contribution >= 4 is 33.5 Å². The van der Waals surface area contributed by atoms with Crippen LogP contribution in [0.4, 0.5) is 5.69 Å². The van der Waals surface area contributed by atoms with Crippen LogP contribution in [0, 0.1) is 18.8 Å². The minimum atomic E-state index is -0.745. The molecule has 1 aliphatic rings. The second-order valence-electron chi connectivity index (χ2n) is 5.36. The largest absolute Gasteiger partial charge is 0.481 e. The molecule has 0 aromatic heterocycles. The molecule has 1 aromatic carbocycles. The molecule has 20 heavy (non-hydrogen) atoms. The summed E-state index contributed by atoms with van der Waals surface area (Å²) in [5.74, 6) is -1.13. The molecule has 2 N–H and O–H groups in total. The Morgan fingerprint density at radius 3 is 2.35 bits per heavy atom. The van der Waals surface area contributed by atoms with E-state index in [1.165, 1.54) is 0 Å². The first-order valence-electron chi connectivity index (χ1n) is 6.77. The fourth-order valence-electron chi connectivity index (χ4n) is 2.56. The van der Waals surface area contributed by atoms with Crippen LogP contribution in [0.2, 0.25) is 0 Å². The van der Waals surface area contributed by atoms with Crippen molar-refractivity contribution in [3.8, 4) is 0 Å². The monoisotopic (exact) mass is 339 g/mol. The summed E-state index contributed by atoms with van der Waals surface area (Å²) in [6, 6.07) is 5.78. The van der Waals surface area contributed by atoms with Gasteiger partial charge in [0.2, 0.25) is 5.91 Å². The van der Waals surface area contributed by atoms with Gasteiger partial charge in [-0.2, -0.15) is 0 Å². The lowest BCUT2D eigenvalue weighted by Gasteiger charge is -2.25. The molecule has 0 unspecified atom stereocenters. The standard InChI is InChI=1S/C15H18BrNO3/c1-9-2-7-13(12(16)8-9)17-14(18)10-3-5-11(6-4-10)15(19)20/h2,7-8,10-11H,3-6H2,1H3,(H,17,18)(H,19,20). The molecule has 1 amide bonds. The highest BCUT2D eigenvalue weighted by molar-refractivity contribution is 9.10. The van der Waals surface area contributed by atoms with Gasteiger partial charge in [0.05, 0.1) is 11.6 Å². The highest BCUT2D eigenvalue weighted by Gasteiger charge is 2.29. The van der Waals surface area contributed by atoms with Crippen molar-refractivity contribution in [1.82, 2.24) is 0 Å². The molecule has 0 aliphatic heterocycles. The molecular weight excluding hydrogens is 322 g/mol. The first-order valence-corrected chi connectivity index (χ1v) is 7.56. The zero-order chi connectivity index (χ0) is 14.7. The molecule has 0 saturated heterocycles. The summed E-state index contributed by atoms with van der Waals surface area (Å²) in [5, 5.41) is 11.9. The number of carbonyl (C=O) groups is 2. The number of rotatable bonds is 3. The van der Waals surface area contributed by atoms with Crippen LogP contribution in [0.1, 0.15) is 31.2 Å². The number of aryl methyl sites for hydroxylation is 1. The molecular formula is C15H18BrNO3. The van der Waals surface area contributed by atoms with Gasteiger partial charge in [0.1, 0.15) is 0 Å². The molecule has 0 spiro atoms. The second kappa shape index (κ2) is 6.39. The van der Waals surface area contributed by atoms with Crippen LogP contribution in [-0.2, 0) is 9.59 Å². The van der Waals surface area contributed by atoms with E-state index in [4.69, 9.17) is 5.11 Å². The lowest BCUT2D eigenvalue weighted by molar-refractivity contribution is -0.143. The van der Waals surface area contributed by atoms with Gasteiger partial charge in [0, 0.05) is 10.4 Å². The third kappa shape index (κ3) is 3.60. The van der Waals surface area contributed by atoms with Gasteiger partial charge in [-0.25, -0.2) is 0 Å². The first-order chi connectivity index (χ1) is 9.47. The Balaban J connectivity index is 1.94. The van der Waals surface area contributed by atoms with Crippen molar-refractivity contribution in [1.29, 1.82) is 0 Å². The molecule has 108 valence electrons. The second-order valence-corrected chi connectivity index (χ2v) is 6.21. The maximum atomic E-state index is 12.2. The van der Waals surface area contributed by atoms with Crippen LogP contribution >= 0.6 is 15.9 Å². The molecule has 1 saturated carbocycles. The average molecular weight is 340 g/mol. The molecule has 1 aromatic rings. The minimum Gasteiger partial charge on any atom is -0.481 e. The first kappa shape index (κ1) is 15.0. The number of hydrogen-bond donors (Lipinski definition) is 2. The Morgan fingerprint density at radius 2 is 1.80 bits per heavy atom. The zero-order valence-corrected chi connectivity index (χ0v) is 12.9. The fourth-order valence-corrected chi connectivity index (χ4v) is 3.15. The van der Waals surface area contributed by atoms with Crippen LogP contribution in [0.5, 0.6) is 0 Å². The van der Waals surface area contributed by atoms with Crippen molar-refractivity contribution < 1.29 is 14.7 Å². The molecule has 4 nitrogen and oxygen atoms in total. The Bertz CT molecular complexity index is 522. The zero-order valence-electron chi connectivity index (χ0n) is 11.4. The Kier molecular flexibility index (Phi) is 4.81. The third-order valence-corrected chi connectivity index (χ3v) is 4.49. The van der Waals surface area contributed by atoms with E-state index in [0.29, 0.717) is 25.7 Å². The quantitative estimate of drug-likeness (QED) is 0.884. The maximum absolute atomic E-state index is 12.2. The summed E-state index contributed by atoms with van der Waals surface area (Å²) in [5.41, 5.74) is 1.89. The molecule has 0 atom stereocenters. The van der Waals surface area contributed by atoms with Gasteiger partial charge >= 0.3 is 5.97 Å². The summed E-state index contributed by atoms with van der Waals surface area (Å²) in [4.78, 5) is 23.1. The van der Waals surface area contributed by atoms with E-state index in [1.807, 2.05) is 25.1 Å². The Hall–Kier alpha value is -1.36. The molecule has 0 radical (unpaired) electrons. The number of benzene rings is 1. The molecule has 2 rings (SSSR count). The van der Waals surface area contributed by atoms with Crippen LogP contribution < -0.4 is 5.32 Å². The summed E-state index contributed by atoms with van der Waals surface area (Å²) in [7, 11) is 0. The predicted octanol–water partition coefficient (Wildman–Crippen LogP) is 3.59. The third-order valence-electron chi connectivity index (χ3n) is 3.83. The highest BCUT2D eigenvalue weighted by atomic mass is 79.9. The van der Waals surface area contributed by atoms with Gasteiger partial charge in [-0.1, -0.05) is 6.07 Å². The number of amides is 1. The van der Waals surface area contributed by atoms with Crippen LogP contribution in [0.25, 0.3) is 0 Å². The van der Waals surface area contributed by atoms with Crippen LogP contribution in [-0.4, -0.2) is 17.0 Å². The maximum Gasteiger partial charge on any atom is 0.306 e. The van der Waals surface area contributed by atoms with Gasteiger partial charge < -0.3 is 10.4 Å². The number of anilines is 1. The Morgan fingerprint density at radius 1 is 1.20 bits per heavy atom. The normalized spacial score (nSPS) is 22.3. The number of nitrogens with one attached hydrogen (secondary N) is 1. The molecule has 0 heterocycles.